The second-order valence-electron chi connectivity index (χ2n) is 3.64. The van der Waals surface area contributed by atoms with Gasteiger partial charge in [0.1, 0.15) is 0 Å². The van der Waals surface area contributed by atoms with Crippen molar-refractivity contribution in [1.29, 1.82) is 0 Å². The standard InChI is InChI=1S/C14H10N2O2/c15-13-3-1-2-10(7-13)4-5-11-6-12(14(17)18)9-16-8-11/h1-3,6-9H,15H2,(H,17,18). The minimum atomic E-state index is -1.02. The lowest BCUT2D eigenvalue weighted by molar-refractivity contribution is 0.0696. The molecule has 0 aliphatic carbocycles. The zero-order valence-corrected chi connectivity index (χ0v) is 9.42. The number of nitrogen functional groups attached to an aromatic ring is 1. The van der Waals surface area contributed by atoms with Crippen LogP contribution in [-0.4, -0.2) is 16.1 Å². The number of aromatic carboxylic acids is 1. The van der Waals surface area contributed by atoms with Gasteiger partial charge in [-0.1, -0.05) is 17.9 Å². The molecule has 0 aliphatic rings. The normalized spacial score (nSPS) is 9.33. The van der Waals surface area contributed by atoms with Gasteiger partial charge in [-0.25, -0.2) is 4.79 Å². The Labute approximate surface area is 104 Å². The number of carboxylic acids is 1. The first-order chi connectivity index (χ1) is 8.65. The number of pyridine rings is 1. The van der Waals surface area contributed by atoms with Gasteiger partial charge < -0.3 is 10.8 Å². The van der Waals surface area contributed by atoms with Crippen LogP contribution in [0.15, 0.2) is 42.7 Å². The first-order valence-corrected chi connectivity index (χ1v) is 5.21. The van der Waals surface area contributed by atoms with Crippen LogP contribution in [0.4, 0.5) is 5.69 Å². The number of nitrogens with two attached hydrogens (primary N) is 1. The second kappa shape index (κ2) is 5.02. The zero-order chi connectivity index (χ0) is 13.0. The van der Waals surface area contributed by atoms with E-state index in [1.807, 2.05) is 12.1 Å². The van der Waals surface area contributed by atoms with Crippen LogP contribution in [0.1, 0.15) is 21.5 Å². The van der Waals surface area contributed by atoms with Crippen molar-refractivity contribution >= 4 is 11.7 Å². The Balaban J connectivity index is 2.30. The van der Waals surface area contributed by atoms with Crippen LogP contribution in [0.5, 0.6) is 0 Å². The molecule has 0 spiro atoms. The molecule has 0 atom stereocenters. The summed E-state index contributed by atoms with van der Waals surface area (Å²) in [5.41, 5.74) is 7.72. The smallest absolute Gasteiger partial charge is 0.337 e. The van der Waals surface area contributed by atoms with Gasteiger partial charge in [0.2, 0.25) is 0 Å². The summed E-state index contributed by atoms with van der Waals surface area (Å²) in [7, 11) is 0. The van der Waals surface area contributed by atoms with E-state index in [1.165, 1.54) is 18.5 Å². The monoisotopic (exact) mass is 238 g/mol. The van der Waals surface area contributed by atoms with Crippen molar-refractivity contribution in [3.63, 3.8) is 0 Å². The van der Waals surface area contributed by atoms with E-state index >= 15 is 0 Å². The van der Waals surface area contributed by atoms with Crippen LogP contribution < -0.4 is 5.73 Å². The Morgan fingerprint density at radius 1 is 1.17 bits per heavy atom. The summed E-state index contributed by atoms with van der Waals surface area (Å²) < 4.78 is 0. The van der Waals surface area contributed by atoms with Crippen LogP contribution >= 0.6 is 0 Å². The Morgan fingerprint density at radius 3 is 2.67 bits per heavy atom. The summed E-state index contributed by atoms with van der Waals surface area (Å²) in [5.74, 6) is 4.74. The van der Waals surface area contributed by atoms with E-state index in [1.54, 1.807) is 12.1 Å². The topological polar surface area (TPSA) is 76.2 Å². The van der Waals surface area contributed by atoms with Crippen LogP contribution in [0.3, 0.4) is 0 Å². The lowest BCUT2D eigenvalue weighted by atomic mass is 10.1. The number of rotatable bonds is 1. The van der Waals surface area contributed by atoms with Crippen molar-refractivity contribution in [3.05, 3.63) is 59.4 Å². The summed E-state index contributed by atoms with van der Waals surface area (Å²) in [5, 5.41) is 8.83. The van der Waals surface area contributed by atoms with E-state index < -0.39 is 5.97 Å². The zero-order valence-electron chi connectivity index (χ0n) is 9.42. The number of aromatic nitrogens is 1. The summed E-state index contributed by atoms with van der Waals surface area (Å²) in [6, 6.07) is 8.65. The van der Waals surface area contributed by atoms with Crippen molar-refractivity contribution in [2.24, 2.45) is 0 Å². The number of anilines is 1. The molecular formula is C14H10N2O2. The van der Waals surface area contributed by atoms with Crippen LogP contribution in [0.2, 0.25) is 0 Å². The lowest BCUT2D eigenvalue weighted by Crippen LogP contribution is -1.97. The fraction of sp³-hybridized carbons (Fsp3) is 0. The van der Waals surface area contributed by atoms with Gasteiger partial charge in [-0.3, -0.25) is 4.98 Å². The molecule has 4 nitrogen and oxygen atoms in total. The number of nitrogens with zero attached hydrogens (tertiary/aromatic N) is 1. The first-order valence-electron chi connectivity index (χ1n) is 5.21. The van der Waals surface area contributed by atoms with Crippen LogP contribution in [0.25, 0.3) is 0 Å². The molecular weight excluding hydrogens is 228 g/mol. The molecule has 0 saturated carbocycles. The quantitative estimate of drug-likeness (QED) is 0.586. The average molecular weight is 238 g/mol. The summed E-state index contributed by atoms with van der Waals surface area (Å²) in [6.45, 7) is 0. The highest BCUT2D eigenvalue weighted by molar-refractivity contribution is 5.87. The van der Waals surface area contributed by atoms with Gasteiger partial charge in [0, 0.05) is 29.2 Å². The summed E-state index contributed by atoms with van der Waals surface area (Å²) in [4.78, 5) is 14.6. The highest BCUT2D eigenvalue weighted by Crippen LogP contribution is 2.06. The van der Waals surface area contributed by atoms with Crippen LogP contribution in [-0.2, 0) is 0 Å². The van der Waals surface area contributed by atoms with E-state index in [9.17, 15) is 4.79 Å². The minimum Gasteiger partial charge on any atom is -0.478 e. The summed E-state index contributed by atoms with van der Waals surface area (Å²) >= 11 is 0. The third-order valence-corrected chi connectivity index (χ3v) is 2.22. The Morgan fingerprint density at radius 2 is 1.94 bits per heavy atom. The molecule has 1 heterocycles. The molecule has 1 aromatic heterocycles. The molecule has 0 aliphatic heterocycles. The van der Waals surface area contributed by atoms with Gasteiger partial charge in [-0.2, -0.15) is 0 Å². The fourth-order valence-corrected chi connectivity index (χ4v) is 1.39. The third kappa shape index (κ3) is 2.86. The van der Waals surface area contributed by atoms with Crippen molar-refractivity contribution in [2.75, 3.05) is 5.73 Å². The van der Waals surface area contributed by atoms with Gasteiger partial charge in [0.25, 0.3) is 0 Å². The maximum absolute atomic E-state index is 10.8. The molecule has 88 valence electrons. The van der Waals surface area contributed by atoms with Gasteiger partial charge in [-0.15, -0.1) is 0 Å². The van der Waals surface area contributed by atoms with E-state index in [-0.39, 0.29) is 5.56 Å². The van der Waals surface area contributed by atoms with Crippen molar-refractivity contribution < 1.29 is 9.90 Å². The van der Waals surface area contributed by atoms with Gasteiger partial charge in [0.15, 0.2) is 0 Å². The van der Waals surface area contributed by atoms with Gasteiger partial charge in [0.05, 0.1) is 5.56 Å². The molecule has 4 heteroatoms. The number of benzene rings is 1. The molecule has 0 unspecified atom stereocenters. The van der Waals surface area contributed by atoms with E-state index in [0.717, 1.165) is 5.56 Å². The SMILES string of the molecule is Nc1cccc(C#Cc2cncc(C(=O)O)c2)c1. The van der Waals surface area contributed by atoms with E-state index in [0.29, 0.717) is 11.3 Å². The number of hydrogen-bond acceptors (Lipinski definition) is 3. The first kappa shape index (κ1) is 11.7. The maximum atomic E-state index is 10.8. The van der Waals surface area contributed by atoms with Gasteiger partial charge >= 0.3 is 5.97 Å². The molecule has 18 heavy (non-hydrogen) atoms. The molecule has 0 saturated heterocycles. The molecule has 0 radical (unpaired) electrons. The Bertz CT molecular complexity index is 654. The number of carboxylic acid groups (broad SMARTS) is 1. The molecule has 1 aromatic carbocycles. The van der Waals surface area contributed by atoms with E-state index in [2.05, 4.69) is 16.8 Å². The fourth-order valence-electron chi connectivity index (χ4n) is 1.39. The predicted molar refractivity (Wildman–Crippen MR) is 68.0 cm³/mol. The highest BCUT2D eigenvalue weighted by Gasteiger charge is 2.02. The molecule has 0 fully saturated rings. The van der Waals surface area contributed by atoms with Crippen molar-refractivity contribution in [1.82, 2.24) is 4.98 Å². The van der Waals surface area contributed by atoms with Crippen LogP contribution in [0, 0.1) is 11.8 Å². The van der Waals surface area contributed by atoms with Gasteiger partial charge in [-0.05, 0) is 24.3 Å². The van der Waals surface area contributed by atoms with E-state index in [4.69, 9.17) is 10.8 Å². The second-order valence-corrected chi connectivity index (χ2v) is 3.64. The van der Waals surface area contributed by atoms with Crippen molar-refractivity contribution in [3.8, 4) is 11.8 Å². The third-order valence-electron chi connectivity index (χ3n) is 2.22. The number of hydrogen-bond donors (Lipinski definition) is 2. The highest BCUT2D eigenvalue weighted by atomic mass is 16.4. The largest absolute Gasteiger partial charge is 0.478 e. The minimum absolute atomic E-state index is 0.120. The Hall–Kier alpha value is -2.80. The Kier molecular flexibility index (Phi) is 3.26. The molecule has 0 bridgehead atoms. The lowest BCUT2D eigenvalue weighted by Gasteiger charge is -1.94. The molecule has 2 rings (SSSR count). The average Bonchev–Trinajstić information content (AvgIpc) is 2.37. The molecule has 2 aromatic rings. The van der Waals surface area contributed by atoms with Crippen molar-refractivity contribution in [2.45, 2.75) is 0 Å². The maximum Gasteiger partial charge on any atom is 0.337 e. The number of carbonyl (C=O) groups is 1. The predicted octanol–water partition coefficient (Wildman–Crippen LogP) is 1.76. The molecule has 3 N–H and O–H groups in total. The summed E-state index contributed by atoms with van der Waals surface area (Å²) in [6.07, 6.45) is 2.81. The molecule has 0 amide bonds.